The van der Waals surface area contributed by atoms with Crippen LogP contribution in [0.5, 0.6) is 0 Å². The third-order valence-electron chi connectivity index (χ3n) is 2.83. The summed E-state index contributed by atoms with van der Waals surface area (Å²) in [4.78, 5) is 12.3. The van der Waals surface area contributed by atoms with Crippen molar-refractivity contribution in [3.63, 3.8) is 0 Å². The van der Waals surface area contributed by atoms with Gasteiger partial charge in [0, 0.05) is 21.8 Å². The maximum absolute atomic E-state index is 11.2. The molecule has 18 heavy (non-hydrogen) atoms. The van der Waals surface area contributed by atoms with Crippen LogP contribution in [0.3, 0.4) is 0 Å². The molecule has 0 aliphatic rings. The highest BCUT2D eigenvalue weighted by atomic mass is 32.2. The molecule has 0 radical (unpaired) electrons. The van der Waals surface area contributed by atoms with Crippen LogP contribution in [-0.2, 0) is 5.75 Å². The molecular formula is C14H15NO2S. The van der Waals surface area contributed by atoms with Gasteiger partial charge in [-0.2, -0.15) is 0 Å². The summed E-state index contributed by atoms with van der Waals surface area (Å²) in [5, 5.41) is 3.93. The van der Waals surface area contributed by atoms with E-state index in [1.165, 1.54) is 0 Å². The van der Waals surface area contributed by atoms with E-state index in [1.54, 1.807) is 18.7 Å². The minimum atomic E-state index is 0.0947. The number of ketones is 1. The molecule has 2 aromatic rings. The molecule has 0 unspecified atom stereocenters. The Morgan fingerprint density at radius 3 is 2.44 bits per heavy atom. The zero-order valence-corrected chi connectivity index (χ0v) is 11.5. The molecule has 0 N–H and O–H groups in total. The standard InChI is InChI=1S/C14H15NO2S/c1-9-14(11(3)17-15-9)8-18-13-6-4-12(5-7-13)10(2)16/h4-7H,8H2,1-3H3. The van der Waals surface area contributed by atoms with E-state index in [1.807, 2.05) is 38.1 Å². The summed E-state index contributed by atoms with van der Waals surface area (Å²) in [6, 6.07) is 7.66. The average Bonchev–Trinajstić information content (AvgIpc) is 2.67. The fourth-order valence-electron chi connectivity index (χ4n) is 1.65. The van der Waals surface area contributed by atoms with E-state index < -0.39 is 0 Å². The van der Waals surface area contributed by atoms with Gasteiger partial charge in [-0.05, 0) is 32.9 Å². The first-order valence-electron chi connectivity index (χ1n) is 5.73. The highest BCUT2D eigenvalue weighted by Gasteiger charge is 2.09. The topological polar surface area (TPSA) is 43.1 Å². The number of nitrogens with zero attached hydrogens (tertiary/aromatic N) is 1. The predicted octanol–water partition coefficient (Wildman–Crippen LogP) is 3.79. The molecule has 0 saturated carbocycles. The predicted molar refractivity (Wildman–Crippen MR) is 72.0 cm³/mol. The summed E-state index contributed by atoms with van der Waals surface area (Å²) in [5.41, 5.74) is 2.84. The van der Waals surface area contributed by atoms with Gasteiger partial charge in [0.15, 0.2) is 5.78 Å². The summed E-state index contributed by atoms with van der Waals surface area (Å²) in [6.07, 6.45) is 0. The van der Waals surface area contributed by atoms with Crippen molar-refractivity contribution in [2.45, 2.75) is 31.4 Å². The van der Waals surface area contributed by atoms with Gasteiger partial charge >= 0.3 is 0 Å². The van der Waals surface area contributed by atoms with Crippen LogP contribution in [0.25, 0.3) is 0 Å². The molecule has 4 heteroatoms. The molecule has 0 saturated heterocycles. The van der Waals surface area contributed by atoms with Crippen LogP contribution in [0.15, 0.2) is 33.7 Å². The summed E-state index contributed by atoms with van der Waals surface area (Å²) in [6.45, 7) is 5.45. The van der Waals surface area contributed by atoms with Crippen molar-refractivity contribution >= 4 is 17.5 Å². The zero-order valence-electron chi connectivity index (χ0n) is 10.7. The molecule has 0 amide bonds. The van der Waals surface area contributed by atoms with Crippen molar-refractivity contribution in [1.29, 1.82) is 0 Å². The molecule has 3 nitrogen and oxygen atoms in total. The zero-order chi connectivity index (χ0) is 13.1. The van der Waals surface area contributed by atoms with E-state index in [-0.39, 0.29) is 5.78 Å². The Kier molecular flexibility index (Phi) is 3.87. The van der Waals surface area contributed by atoms with Gasteiger partial charge in [-0.25, -0.2) is 0 Å². The van der Waals surface area contributed by atoms with Gasteiger partial charge in [0.25, 0.3) is 0 Å². The van der Waals surface area contributed by atoms with Crippen molar-refractivity contribution in [3.05, 3.63) is 46.8 Å². The first-order chi connectivity index (χ1) is 8.58. The minimum absolute atomic E-state index is 0.0947. The van der Waals surface area contributed by atoms with Crippen LogP contribution < -0.4 is 0 Å². The Morgan fingerprint density at radius 2 is 1.94 bits per heavy atom. The number of benzene rings is 1. The number of hydrogen-bond donors (Lipinski definition) is 0. The van der Waals surface area contributed by atoms with E-state index in [0.717, 1.165) is 33.2 Å². The van der Waals surface area contributed by atoms with Crippen LogP contribution in [0.1, 0.15) is 34.3 Å². The molecule has 0 atom stereocenters. The van der Waals surface area contributed by atoms with Crippen LogP contribution in [0, 0.1) is 13.8 Å². The van der Waals surface area contributed by atoms with Crippen molar-refractivity contribution in [1.82, 2.24) is 5.16 Å². The van der Waals surface area contributed by atoms with Crippen LogP contribution in [-0.4, -0.2) is 10.9 Å². The second kappa shape index (κ2) is 5.40. The lowest BCUT2D eigenvalue weighted by Gasteiger charge is -2.02. The number of Topliss-reactive ketones (excluding diaryl/α,β-unsaturated/α-hetero) is 1. The van der Waals surface area contributed by atoms with Gasteiger partial charge in [0.2, 0.25) is 0 Å². The van der Waals surface area contributed by atoms with Gasteiger partial charge in [-0.1, -0.05) is 17.3 Å². The Balaban J connectivity index is 2.04. The number of carbonyl (C=O) groups excluding carboxylic acids is 1. The summed E-state index contributed by atoms with van der Waals surface area (Å²) >= 11 is 1.72. The van der Waals surface area contributed by atoms with Gasteiger partial charge in [0.1, 0.15) is 5.76 Å². The lowest BCUT2D eigenvalue weighted by Crippen LogP contribution is -1.90. The van der Waals surface area contributed by atoms with Crippen molar-refractivity contribution in [3.8, 4) is 0 Å². The molecule has 0 aliphatic heterocycles. The number of aryl methyl sites for hydroxylation is 2. The Labute approximate surface area is 111 Å². The summed E-state index contributed by atoms with van der Waals surface area (Å²) in [7, 11) is 0. The van der Waals surface area contributed by atoms with Gasteiger partial charge in [-0.3, -0.25) is 4.79 Å². The van der Waals surface area contributed by atoms with E-state index >= 15 is 0 Å². The maximum atomic E-state index is 11.2. The number of carbonyl (C=O) groups is 1. The van der Waals surface area contributed by atoms with E-state index in [4.69, 9.17) is 4.52 Å². The van der Waals surface area contributed by atoms with Gasteiger partial charge < -0.3 is 4.52 Å². The first kappa shape index (κ1) is 12.9. The lowest BCUT2D eigenvalue weighted by atomic mass is 10.2. The highest BCUT2D eigenvalue weighted by Crippen LogP contribution is 2.26. The molecule has 0 fully saturated rings. The normalized spacial score (nSPS) is 10.6. The SMILES string of the molecule is CC(=O)c1ccc(SCc2c(C)noc2C)cc1. The van der Waals surface area contributed by atoms with Crippen molar-refractivity contribution < 1.29 is 9.32 Å². The van der Waals surface area contributed by atoms with E-state index in [2.05, 4.69) is 5.16 Å². The monoisotopic (exact) mass is 261 g/mol. The average molecular weight is 261 g/mol. The molecule has 0 aliphatic carbocycles. The third-order valence-corrected chi connectivity index (χ3v) is 3.86. The number of thioether (sulfide) groups is 1. The Morgan fingerprint density at radius 1 is 1.28 bits per heavy atom. The molecule has 1 heterocycles. The maximum Gasteiger partial charge on any atom is 0.159 e. The molecule has 1 aromatic heterocycles. The quantitative estimate of drug-likeness (QED) is 0.620. The first-order valence-corrected chi connectivity index (χ1v) is 6.72. The second-order valence-corrected chi connectivity index (χ2v) is 5.22. The molecule has 94 valence electrons. The molecule has 0 bridgehead atoms. The fraction of sp³-hybridized carbons (Fsp3) is 0.286. The van der Waals surface area contributed by atoms with Crippen molar-refractivity contribution in [2.24, 2.45) is 0 Å². The number of aromatic nitrogens is 1. The van der Waals surface area contributed by atoms with Crippen LogP contribution in [0.2, 0.25) is 0 Å². The molecule has 2 rings (SSSR count). The smallest absolute Gasteiger partial charge is 0.159 e. The molecular weight excluding hydrogens is 246 g/mol. The second-order valence-electron chi connectivity index (χ2n) is 4.17. The third kappa shape index (κ3) is 2.82. The van der Waals surface area contributed by atoms with Gasteiger partial charge in [-0.15, -0.1) is 11.8 Å². The summed E-state index contributed by atoms with van der Waals surface area (Å²) in [5.74, 6) is 1.80. The summed E-state index contributed by atoms with van der Waals surface area (Å²) < 4.78 is 5.13. The Bertz CT molecular complexity index is 538. The van der Waals surface area contributed by atoms with Gasteiger partial charge in [0.05, 0.1) is 5.69 Å². The highest BCUT2D eigenvalue weighted by molar-refractivity contribution is 7.98. The van der Waals surface area contributed by atoms with E-state index in [0.29, 0.717) is 0 Å². The van der Waals surface area contributed by atoms with Crippen LogP contribution >= 0.6 is 11.8 Å². The number of rotatable bonds is 4. The Hall–Kier alpha value is -1.55. The lowest BCUT2D eigenvalue weighted by molar-refractivity contribution is 0.101. The largest absolute Gasteiger partial charge is 0.361 e. The minimum Gasteiger partial charge on any atom is -0.361 e. The number of hydrogen-bond acceptors (Lipinski definition) is 4. The fourth-order valence-corrected chi connectivity index (χ4v) is 2.70. The van der Waals surface area contributed by atoms with Crippen LogP contribution in [0.4, 0.5) is 0 Å². The molecule has 1 aromatic carbocycles. The molecule has 0 spiro atoms. The van der Waals surface area contributed by atoms with Crippen molar-refractivity contribution in [2.75, 3.05) is 0 Å². The van der Waals surface area contributed by atoms with E-state index in [9.17, 15) is 4.79 Å².